The van der Waals surface area contributed by atoms with Crippen LogP contribution in [0.1, 0.15) is 44.8 Å². The molecule has 2 saturated heterocycles. The number of carbonyl (C=O) groups excluding carboxylic acids is 1. The summed E-state index contributed by atoms with van der Waals surface area (Å²) in [5.74, 6) is 0.786. The van der Waals surface area contributed by atoms with Gasteiger partial charge in [0.15, 0.2) is 0 Å². The van der Waals surface area contributed by atoms with Crippen LogP contribution in [0.4, 0.5) is 4.39 Å². The number of ether oxygens (including phenoxy) is 2. The Labute approximate surface area is 149 Å². The van der Waals surface area contributed by atoms with Crippen molar-refractivity contribution in [3.8, 4) is 0 Å². The van der Waals surface area contributed by atoms with Crippen LogP contribution in [-0.4, -0.2) is 43.2 Å². The molecule has 1 aromatic rings. The Morgan fingerprint density at radius 2 is 2.16 bits per heavy atom. The predicted octanol–water partition coefficient (Wildman–Crippen LogP) is 3.57. The van der Waals surface area contributed by atoms with Gasteiger partial charge in [-0.3, -0.25) is 4.79 Å². The van der Waals surface area contributed by atoms with Crippen molar-refractivity contribution >= 4 is 5.91 Å². The Balaban J connectivity index is 1.57. The predicted molar refractivity (Wildman–Crippen MR) is 93.6 cm³/mol. The summed E-state index contributed by atoms with van der Waals surface area (Å²) in [4.78, 5) is 14.6. The van der Waals surface area contributed by atoms with E-state index in [2.05, 4.69) is 13.8 Å². The van der Waals surface area contributed by atoms with Gasteiger partial charge >= 0.3 is 0 Å². The molecule has 0 saturated carbocycles. The minimum absolute atomic E-state index is 0.180. The summed E-state index contributed by atoms with van der Waals surface area (Å²) in [5.41, 5.74) is 0.795. The van der Waals surface area contributed by atoms with Gasteiger partial charge in [0.25, 0.3) is 0 Å². The molecular weight excluding hydrogens is 321 g/mol. The van der Waals surface area contributed by atoms with Gasteiger partial charge in [-0.15, -0.1) is 0 Å². The molecule has 5 heteroatoms. The zero-order valence-corrected chi connectivity index (χ0v) is 15.1. The van der Waals surface area contributed by atoms with Crippen LogP contribution in [0.2, 0.25) is 0 Å². The van der Waals surface area contributed by atoms with Crippen LogP contribution in [0.3, 0.4) is 0 Å². The third-order valence-corrected chi connectivity index (χ3v) is 5.27. The van der Waals surface area contributed by atoms with E-state index in [0.29, 0.717) is 38.0 Å². The van der Waals surface area contributed by atoms with Crippen molar-refractivity contribution in [3.05, 3.63) is 35.6 Å². The normalized spacial score (nSPS) is 27.5. The van der Waals surface area contributed by atoms with Gasteiger partial charge in [0.05, 0.1) is 19.3 Å². The molecule has 3 atom stereocenters. The zero-order valence-electron chi connectivity index (χ0n) is 15.1. The molecule has 0 unspecified atom stereocenters. The SMILES string of the molecule is CC(C)[C@@H]1C[C@H](CC(=O)N2CCO[C@@H](c3cccc(F)c3)C2)CCO1. The van der Waals surface area contributed by atoms with Crippen LogP contribution in [0.15, 0.2) is 24.3 Å². The Morgan fingerprint density at radius 1 is 1.32 bits per heavy atom. The Hall–Kier alpha value is -1.46. The number of nitrogens with zero attached hydrogens (tertiary/aromatic N) is 1. The molecule has 4 nitrogen and oxygen atoms in total. The topological polar surface area (TPSA) is 38.8 Å². The molecule has 2 aliphatic rings. The fourth-order valence-corrected chi connectivity index (χ4v) is 3.71. The number of benzene rings is 1. The number of hydrogen-bond acceptors (Lipinski definition) is 3. The fourth-order valence-electron chi connectivity index (χ4n) is 3.71. The van der Waals surface area contributed by atoms with Gasteiger partial charge in [0, 0.05) is 19.6 Å². The number of rotatable bonds is 4. The third-order valence-electron chi connectivity index (χ3n) is 5.27. The van der Waals surface area contributed by atoms with Crippen molar-refractivity contribution in [1.29, 1.82) is 0 Å². The maximum absolute atomic E-state index is 13.4. The van der Waals surface area contributed by atoms with E-state index in [1.165, 1.54) is 12.1 Å². The summed E-state index contributed by atoms with van der Waals surface area (Å²) < 4.78 is 25.0. The second kappa shape index (κ2) is 8.28. The first-order chi connectivity index (χ1) is 12.0. The largest absolute Gasteiger partial charge is 0.378 e. The van der Waals surface area contributed by atoms with Crippen molar-refractivity contribution in [2.75, 3.05) is 26.3 Å². The molecule has 0 bridgehead atoms. The number of carbonyl (C=O) groups is 1. The lowest BCUT2D eigenvalue weighted by Crippen LogP contribution is -2.43. The van der Waals surface area contributed by atoms with Crippen molar-refractivity contribution in [2.45, 2.75) is 45.3 Å². The molecule has 3 rings (SSSR count). The molecule has 2 fully saturated rings. The van der Waals surface area contributed by atoms with E-state index in [1.54, 1.807) is 6.07 Å². The Bertz CT molecular complexity index is 592. The molecule has 0 aliphatic carbocycles. The molecule has 0 aromatic heterocycles. The van der Waals surface area contributed by atoms with Crippen LogP contribution in [-0.2, 0) is 14.3 Å². The van der Waals surface area contributed by atoms with E-state index in [1.807, 2.05) is 11.0 Å². The van der Waals surface area contributed by atoms with Gasteiger partial charge in [-0.05, 0) is 42.4 Å². The van der Waals surface area contributed by atoms with Crippen LogP contribution >= 0.6 is 0 Å². The molecule has 2 heterocycles. The van der Waals surface area contributed by atoms with Gasteiger partial charge in [0.1, 0.15) is 11.9 Å². The number of amides is 1. The quantitative estimate of drug-likeness (QED) is 0.834. The number of halogens is 1. The first kappa shape index (κ1) is 18.3. The standard InChI is InChI=1S/C20H28FNO3/c1-14(2)18-10-15(6-8-24-18)11-20(23)22-7-9-25-19(13-22)16-4-3-5-17(21)12-16/h3-5,12,14-15,18-19H,6-11,13H2,1-2H3/t15-,18+,19-/m1/s1. The summed E-state index contributed by atoms with van der Waals surface area (Å²) in [7, 11) is 0. The van der Waals surface area contributed by atoms with E-state index < -0.39 is 0 Å². The van der Waals surface area contributed by atoms with Crippen molar-refractivity contribution in [1.82, 2.24) is 4.90 Å². The average Bonchev–Trinajstić information content (AvgIpc) is 2.62. The lowest BCUT2D eigenvalue weighted by molar-refractivity contribution is -0.141. The molecule has 0 spiro atoms. The monoisotopic (exact) mass is 349 g/mol. The van der Waals surface area contributed by atoms with E-state index in [0.717, 1.165) is 25.0 Å². The van der Waals surface area contributed by atoms with Gasteiger partial charge in [-0.25, -0.2) is 4.39 Å². The van der Waals surface area contributed by atoms with Gasteiger partial charge in [-0.2, -0.15) is 0 Å². The molecule has 2 aliphatic heterocycles. The van der Waals surface area contributed by atoms with Crippen LogP contribution < -0.4 is 0 Å². The highest BCUT2D eigenvalue weighted by atomic mass is 19.1. The summed E-state index contributed by atoms with van der Waals surface area (Å²) in [6.45, 7) is 6.69. The van der Waals surface area contributed by atoms with E-state index in [-0.39, 0.29) is 23.9 Å². The number of morpholine rings is 1. The first-order valence-corrected chi connectivity index (χ1v) is 9.29. The minimum atomic E-state index is -0.272. The highest BCUT2D eigenvalue weighted by molar-refractivity contribution is 5.76. The summed E-state index contributed by atoms with van der Waals surface area (Å²) in [6.07, 6.45) is 2.50. The zero-order chi connectivity index (χ0) is 17.8. The second-order valence-electron chi connectivity index (χ2n) is 7.50. The van der Waals surface area contributed by atoms with Crippen LogP contribution in [0, 0.1) is 17.7 Å². The van der Waals surface area contributed by atoms with Crippen LogP contribution in [0.5, 0.6) is 0 Å². The van der Waals surface area contributed by atoms with Crippen molar-refractivity contribution < 1.29 is 18.7 Å². The molecule has 1 amide bonds. The minimum Gasteiger partial charge on any atom is -0.378 e. The van der Waals surface area contributed by atoms with Crippen LogP contribution in [0.25, 0.3) is 0 Å². The highest BCUT2D eigenvalue weighted by Crippen LogP contribution is 2.29. The smallest absolute Gasteiger partial charge is 0.223 e. The molecule has 0 N–H and O–H groups in total. The summed E-state index contributed by atoms with van der Waals surface area (Å²) in [6, 6.07) is 6.45. The van der Waals surface area contributed by atoms with Gasteiger partial charge in [0.2, 0.25) is 5.91 Å². The van der Waals surface area contributed by atoms with Gasteiger partial charge < -0.3 is 14.4 Å². The van der Waals surface area contributed by atoms with Crippen molar-refractivity contribution in [2.24, 2.45) is 11.8 Å². The maximum Gasteiger partial charge on any atom is 0.223 e. The lowest BCUT2D eigenvalue weighted by atomic mass is 9.87. The van der Waals surface area contributed by atoms with E-state index >= 15 is 0 Å². The fraction of sp³-hybridized carbons (Fsp3) is 0.650. The first-order valence-electron chi connectivity index (χ1n) is 9.29. The third kappa shape index (κ3) is 4.79. The number of hydrogen-bond donors (Lipinski definition) is 0. The lowest BCUT2D eigenvalue weighted by Gasteiger charge is -2.36. The van der Waals surface area contributed by atoms with E-state index in [4.69, 9.17) is 9.47 Å². The highest BCUT2D eigenvalue weighted by Gasteiger charge is 2.30. The Kier molecular flexibility index (Phi) is 6.07. The van der Waals surface area contributed by atoms with E-state index in [9.17, 15) is 9.18 Å². The molecular formula is C20H28FNO3. The van der Waals surface area contributed by atoms with Gasteiger partial charge in [-0.1, -0.05) is 26.0 Å². The van der Waals surface area contributed by atoms with Crippen molar-refractivity contribution in [3.63, 3.8) is 0 Å². The molecule has 138 valence electrons. The molecule has 1 aromatic carbocycles. The molecule has 0 radical (unpaired) electrons. The average molecular weight is 349 g/mol. The second-order valence-corrected chi connectivity index (χ2v) is 7.50. The maximum atomic E-state index is 13.4. The summed E-state index contributed by atoms with van der Waals surface area (Å²) >= 11 is 0. The molecule has 25 heavy (non-hydrogen) atoms. The summed E-state index contributed by atoms with van der Waals surface area (Å²) in [5, 5.41) is 0. The Morgan fingerprint density at radius 3 is 2.92 bits per heavy atom.